The number of benzene rings is 1. The number of rotatable bonds is 2. The fourth-order valence-corrected chi connectivity index (χ4v) is 5.05. The van der Waals surface area contributed by atoms with E-state index in [0.717, 1.165) is 25.0 Å². The highest BCUT2D eigenvalue weighted by atomic mass is 32.2. The lowest BCUT2D eigenvalue weighted by molar-refractivity contribution is -0.137. The topological polar surface area (TPSA) is 29.1 Å². The molecule has 21 heavy (non-hydrogen) atoms. The zero-order valence-electron chi connectivity index (χ0n) is 11.5. The van der Waals surface area contributed by atoms with E-state index in [4.69, 9.17) is 12.2 Å². The van der Waals surface area contributed by atoms with Crippen molar-refractivity contribution in [2.24, 2.45) is 0 Å². The van der Waals surface area contributed by atoms with Gasteiger partial charge in [-0.2, -0.15) is 13.2 Å². The third-order valence-corrected chi connectivity index (χ3v) is 6.51. The Morgan fingerprint density at radius 1 is 1.38 bits per heavy atom. The molecule has 2 rings (SSSR count). The average molecular weight is 335 g/mol. The number of alkyl halides is 3. The summed E-state index contributed by atoms with van der Waals surface area (Å²) in [5, 5.41) is 2.82. The van der Waals surface area contributed by atoms with E-state index in [0.29, 0.717) is 22.7 Å². The zero-order valence-corrected chi connectivity index (χ0v) is 13.1. The fourth-order valence-electron chi connectivity index (χ4n) is 2.67. The first-order valence-electron chi connectivity index (χ1n) is 6.61. The molecule has 1 aliphatic rings. The van der Waals surface area contributed by atoms with Crippen molar-refractivity contribution in [3.63, 3.8) is 0 Å². The van der Waals surface area contributed by atoms with Crippen LogP contribution in [0.25, 0.3) is 0 Å². The third kappa shape index (κ3) is 2.99. The van der Waals surface area contributed by atoms with Gasteiger partial charge in [0.1, 0.15) is 4.75 Å². The van der Waals surface area contributed by atoms with Crippen LogP contribution in [-0.2, 0) is 21.7 Å². The molecule has 1 aromatic rings. The molecule has 1 aromatic carbocycles. The second-order valence-electron chi connectivity index (χ2n) is 4.99. The van der Waals surface area contributed by atoms with E-state index < -0.39 is 27.3 Å². The Balaban J connectivity index is 2.57. The van der Waals surface area contributed by atoms with Crippen LogP contribution in [0.3, 0.4) is 0 Å². The molecule has 0 spiro atoms. The summed E-state index contributed by atoms with van der Waals surface area (Å²) >= 11 is 5.30. The van der Waals surface area contributed by atoms with Gasteiger partial charge in [0.2, 0.25) is 0 Å². The lowest BCUT2D eigenvalue weighted by Crippen LogP contribution is -2.48. The van der Waals surface area contributed by atoms with Gasteiger partial charge in [0.25, 0.3) is 0 Å². The predicted octanol–water partition coefficient (Wildman–Crippen LogP) is 3.38. The summed E-state index contributed by atoms with van der Waals surface area (Å²) in [5.74, 6) is 0.456. The van der Waals surface area contributed by atoms with Gasteiger partial charge in [-0.15, -0.1) is 0 Å². The van der Waals surface area contributed by atoms with Crippen LogP contribution >= 0.6 is 12.2 Å². The Morgan fingerprint density at radius 3 is 2.67 bits per heavy atom. The maximum Gasteiger partial charge on any atom is 0.416 e. The molecule has 0 aliphatic carbocycles. The molecule has 0 aromatic heterocycles. The quantitative estimate of drug-likeness (QED) is 0.840. The zero-order chi connectivity index (χ0) is 15.7. The number of nitrogens with one attached hydrogen (secondary N) is 1. The summed E-state index contributed by atoms with van der Waals surface area (Å²) in [7, 11) is 0.291. The standard InChI is InChI=1S/C14H16F3NOS2/c1-18-12(20)13(7-2-3-8-21(13)19)10-5-4-6-11(9-10)14(15,16)17/h4-6,9H,2-3,7-8H2,1H3,(H,18,20)/t13-,21?/m1/s1. The molecule has 1 heterocycles. The van der Waals surface area contributed by atoms with Gasteiger partial charge >= 0.3 is 6.18 Å². The van der Waals surface area contributed by atoms with Crippen molar-refractivity contribution in [2.75, 3.05) is 12.8 Å². The number of hydrogen-bond donors (Lipinski definition) is 1. The highest BCUT2D eigenvalue weighted by molar-refractivity contribution is 7.90. The molecule has 1 N–H and O–H groups in total. The van der Waals surface area contributed by atoms with Crippen molar-refractivity contribution in [2.45, 2.75) is 30.2 Å². The first-order chi connectivity index (χ1) is 9.82. The Labute approximate surface area is 129 Å². The van der Waals surface area contributed by atoms with E-state index in [-0.39, 0.29) is 0 Å². The van der Waals surface area contributed by atoms with E-state index in [2.05, 4.69) is 5.32 Å². The molecular weight excluding hydrogens is 319 g/mol. The molecule has 1 fully saturated rings. The Morgan fingerprint density at radius 2 is 2.10 bits per heavy atom. The minimum absolute atomic E-state index is 0.347. The minimum Gasteiger partial charge on any atom is -0.381 e. The molecule has 2 atom stereocenters. The van der Waals surface area contributed by atoms with Gasteiger partial charge < -0.3 is 5.32 Å². The van der Waals surface area contributed by atoms with Crippen LogP contribution in [0.15, 0.2) is 24.3 Å². The van der Waals surface area contributed by atoms with E-state index in [1.807, 2.05) is 0 Å². The van der Waals surface area contributed by atoms with E-state index in [9.17, 15) is 17.4 Å². The summed E-state index contributed by atoms with van der Waals surface area (Å²) in [5.41, 5.74) is -0.351. The van der Waals surface area contributed by atoms with Gasteiger partial charge in [-0.1, -0.05) is 30.8 Å². The van der Waals surface area contributed by atoms with Crippen molar-refractivity contribution in [3.05, 3.63) is 35.4 Å². The predicted molar refractivity (Wildman–Crippen MR) is 81.6 cm³/mol. The van der Waals surface area contributed by atoms with Gasteiger partial charge in [0, 0.05) is 23.6 Å². The SMILES string of the molecule is CNC(=S)[C@]1(c2cccc(C(F)(F)F)c2)CCCCS1=O. The van der Waals surface area contributed by atoms with Gasteiger partial charge in [0.05, 0.1) is 10.6 Å². The van der Waals surface area contributed by atoms with Crippen LogP contribution in [0.4, 0.5) is 13.2 Å². The molecule has 0 bridgehead atoms. The lowest BCUT2D eigenvalue weighted by atomic mass is 9.90. The van der Waals surface area contributed by atoms with Gasteiger partial charge in [-0.05, 0) is 30.5 Å². The molecule has 0 saturated carbocycles. The molecule has 0 radical (unpaired) electrons. The molecule has 1 aliphatic heterocycles. The van der Waals surface area contributed by atoms with Crippen LogP contribution in [0.2, 0.25) is 0 Å². The normalized spacial score (nSPS) is 26.4. The van der Waals surface area contributed by atoms with Crippen molar-refractivity contribution < 1.29 is 17.4 Å². The van der Waals surface area contributed by atoms with Gasteiger partial charge in [-0.25, -0.2) is 0 Å². The second-order valence-corrected chi connectivity index (χ2v) is 7.20. The summed E-state index contributed by atoms with van der Waals surface area (Å²) in [4.78, 5) is 0.347. The largest absolute Gasteiger partial charge is 0.416 e. The summed E-state index contributed by atoms with van der Waals surface area (Å²) < 4.78 is 50.3. The highest BCUT2D eigenvalue weighted by Crippen LogP contribution is 2.41. The average Bonchev–Trinajstić information content (AvgIpc) is 2.46. The molecule has 1 unspecified atom stereocenters. The van der Waals surface area contributed by atoms with Crippen molar-refractivity contribution >= 4 is 28.0 Å². The van der Waals surface area contributed by atoms with E-state index in [1.54, 1.807) is 13.1 Å². The first-order valence-corrected chi connectivity index (χ1v) is 8.33. The minimum atomic E-state index is -4.42. The molecular formula is C14H16F3NOS2. The Kier molecular flexibility index (Phi) is 4.72. The van der Waals surface area contributed by atoms with Gasteiger partial charge in [0.15, 0.2) is 0 Å². The van der Waals surface area contributed by atoms with Crippen molar-refractivity contribution in [3.8, 4) is 0 Å². The molecule has 7 heteroatoms. The monoisotopic (exact) mass is 335 g/mol. The maximum atomic E-state index is 12.9. The van der Waals surface area contributed by atoms with E-state index in [1.165, 1.54) is 6.07 Å². The summed E-state index contributed by atoms with van der Waals surface area (Å²) in [6.45, 7) is 0. The van der Waals surface area contributed by atoms with Crippen LogP contribution in [0.1, 0.15) is 30.4 Å². The third-order valence-electron chi connectivity index (χ3n) is 3.75. The molecule has 1 saturated heterocycles. The van der Waals surface area contributed by atoms with Crippen molar-refractivity contribution in [1.82, 2.24) is 5.32 Å². The maximum absolute atomic E-state index is 12.9. The first kappa shape index (κ1) is 16.4. The number of thiocarbonyl (C=S) groups is 1. The second kappa shape index (κ2) is 6.04. The fraction of sp³-hybridized carbons (Fsp3) is 0.500. The van der Waals surface area contributed by atoms with Crippen LogP contribution in [0, 0.1) is 0 Å². The lowest BCUT2D eigenvalue weighted by Gasteiger charge is -2.37. The van der Waals surface area contributed by atoms with Crippen LogP contribution < -0.4 is 5.32 Å². The Hall–Kier alpha value is -0.950. The number of halogens is 3. The van der Waals surface area contributed by atoms with Crippen LogP contribution in [0.5, 0.6) is 0 Å². The number of hydrogen-bond acceptors (Lipinski definition) is 2. The van der Waals surface area contributed by atoms with Crippen LogP contribution in [-0.4, -0.2) is 22.0 Å². The smallest absolute Gasteiger partial charge is 0.381 e. The summed E-state index contributed by atoms with van der Waals surface area (Å²) in [6.07, 6.45) is -2.32. The highest BCUT2D eigenvalue weighted by Gasteiger charge is 2.45. The van der Waals surface area contributed by atoms with E-state index >= 15 is 0 Å². The number of likely N-dealkylation sites (N-methyl/N-ethyl adjacent to an activating group) is 1. The Bertz CT molecular complexity index is 564. The van der Waals surface area contributed by atoms with Crippen molar-refractivity contribution in [1.29, 1.82) is 0 Å². The van der Waals surface area contributed by atoms with Gasteiger partial charge in [-0.3, -0.25) is 4.21 Å². The molecule has 116 valence electrons. The molecule has 2 nitrogen and oxygen atoms in total. The molecule has 0 amide bonds. The summed E-state index contributed by atoms with van der Waals surface area (Å²) in [6, 6.07) is 5.03.